The molecule has 1 saturated heterocycles. The van der Waals surface area contributed by atoms with Crippen molar-refractivity contribution in [2.24, 2.45) is 5.92 Å². The smallest absolute Gasteiger partial charge is 0.137 e. The third-order valence-corrected chi connectivity index (χ3v) is 3.66. The number of aryl methyl sites for hydroxylation is 1. The van der Waals surface area contributed by atoms with E-state index in [1.807, 2.05) is 6.92 Å². The van der Waals surface area contributed by atoms with E-state index in [2.05, 4.69) is 41.0 Å². The normalized spacial score (nSPS) is 17.0. The highest BCUT2D eigenvalue weighted by atomic mass is 15.2. The first-order chi connectivity index (χ1) is 8.61. The highest BCUT2D eigenvalue weighted by Gasteiger charge is 2.20. The standard InChI is InChI=1S/C14H24N4/c1-5-15-13-11(3)14(17-12(4)16-13)18-8-6-10(2)7-9-18/h10H,5-9H2,1-4H3,(H,15,16,17). The van der Waals surface area contributed by atoms with Crippen molar-refractivity contribution in [2.75, 3.05) is 29.9 Å². The summed E-state index contributed by atoms with van der Waals surface area (Å²) in [6, 6.07) is 0. The Morgan fingerprint density at radius 1 is 1.22 bits per heavy atom. The molecule has 4 nitrogen and oxygen atoms in total. The maximum atomic E-state index is 4.64. The molecule has 0 amide bonds. The molecule has 1 aromatic heterocycles. The van der Waals surface area contributed by atoms with Crippen LogP contribution >= 0.6 is 0 Å². The fourth-order valence-corrected chi connectivity index (χ4v) is 2.48. The van der Waals surface area contributed by atoms with Crippen molar-refractivity contribution in [2.45, 2.75) is 40.5 Å². The SMILES string of the molecule is CCNc1nc(C)nc(N2CCC(C)CC2)c1C. The molecule has 2 rings (SSSR count). The zero-order valence-electron chi connectivity index (χ0n) is 12.0. The Bertz CT molecular complexity index is 409. The van der Waals surface area contributed by atoms with Gasteiger partial charge < -0.3 is 10.2 Å². The van der Waals surface area contributed by atoms with Crippen LogP contribution in [0.4, 0.5) is 11.6 Å². The first-order valence-corrected chi connectivity index (χ1v) is 6.95. The van der Waals surface area contributed by atoms with E-state index in [0.29, 0.717) is 0 Å². The molecule has 1 aliphatic heterocycles. The Balaban J connectivity index is 2.26. The van der Waals surface area contributed by atoms with E-state index in [1.54, 1.807) is 0 Å². The van der Waals surface area contributed by atoms with E-state index in [-0.39, 0.29) is 0 Å². The molecule has 0 spiro atoms. The van der Waals surface area contributed by atoms with E-state index in [0.717, 1.165) is 43.0 Å². The molecular weight excluding hydrogens is 224 g/mol. The summed E-state index contributed by atoms with van der Waals surface area (Å²) in [6.07, 6.45) is 2.53. The highest BCUT2D eigenvalue weighted by Crippen LogP contribution is 2.27. The summed E-state index contributed by atoms with van der Waals surface area (Å²) in [7, 11) is 0. The van der Waals surface area contributed by atoms with Crippen molar-refractivity contribution >= 4 is 11.6 Å². The van der Waals surface area contributed by atoms with Gasteiger partial charge in [-0.3, -0.25) is 0 Å². The van der Waals surface area contributed by atoms with Crippen molar-refractivity contribution in [3.63, 3.8) is 0 Å². The van der Waals surface area contributed by atoms with E-state index in [1.165, 1.54) is 18.4 Å². The maximum Gasteiger partial charge on any atom is 0.137 e. The van der Waals surface area contributed by atoms with Crippen LogP contribution in [0.1, 0.15) is 38.1 Å². The summed E-state index contributed by atoms with van der Waals surface area (Å²) in [5.41, 5.74) is 1.18. The molecule has 18 heavy (non-hydrogen) atoms. The Morgan fingerprint density at radius 3 is 2.50 bits per heavy atom. The number of anilines is 2. The van der Waals surface area contributed by atoms with Gasteiger partial charge in [-0.25, -0.2) is 9.97 Å². The van der Waals surface area contributed by atoms with Crippen LogP contribution in [0.5, 0.6) is 0 Å². The fourth-order valence-electron chi connectivity index (χ4n) is 2.48. The van der Waals surface area contributed by atoms with E-state index >= 15 is 0 Å². The van der Waals surface area contributed by atoms with Crippen LogP contribution in [0.2, 0.25) is 0 Å². The highest BCUT2D eigenvalue weighted by molar-refractivity contribution is 5.58. The fraction of sp³-hybridized carbons (Fsp3) is 0.714. The molecule has 1 N–H and O–H groups in total. The van der Waals surface area contributed by atoms with Gasteiger partial charge in [0.15, 0.2) is 0 Å². The van der Waals surface area contributed by atoms with Crippen molar-refractivity contribution in [3.05, 3.63) is 11.4 Å². The van der Waals surface area contributed by atoms with Gasteiger partial charge in [0.1, 0.15) is 17.5 Å². The van der Waals surface area contributed by atoms with Gasteiger partial charge in [-0.05, 0) is 39.5 Å². The van der Waals surface area contributed by atoms with Crippen LogP contribution in [0, 0.1) is 19.8 Å². The minimum Gasteiger partial charge on any atom is -0.370 e. The zero-order chi connectivity index (χ0) is 13.1. The zero-order valence-corrected chi connectivity index (χ0v) is 12.0. The Labute approximate surface area is 110 Å². The van der Waals surface area contributed by atoms with Crippen molar-refractivity contribution in [3.8, 4) is 0 Å². The van der Waals surface area contributed by atoms with Crippen LogP contribution in [-0.2, 0) is 0 Å². The number of hydrogen-bond acceptors (Lipinski definition) is 4. The summed E-state index contributed by atoms with van der Waals surface area (Å²) in [5.74, 6) is 3.80. The Morgan fingerprint density at radius 2 is 1.89 bits per heavy atom. The number of nitrogens with one attached hydrogen (secondary N) is 1. The first kappa shape index (κ1) is 13.1. The summed E-state index contributed by atoms with van der Waals surface area (Å²) in [5, 5.41) is 3.33. The summed E-state index contributed by atoms with van der Waals surface area (Å²) in [4.78, 5) is 11.5. The molecule has 2 heterocycles. The number of nitrogens with zero attached hydrogens (tertiary/aromatic N) is 3. The predicted molar refractivity (Wildman–Crippen MR) is 76.3 cm³/mol. The second kappa shape index (κ2) is 5.55. The summed E-state index contributed by atoms with van der Waals surface area (Å²) in [6.45, 7) is 11.6. The summed E-state index contributed by atoms with van der Waals surface area (Å²) < 4.78 is 0. The molecule has 1 fully saturated rings. The second-order valence-corrected chi connectivity index (χ2v) is 5.27. The lowest BCUT2D eigenvalue weighted by Gasteiger charge is -2.32. The minimum absolute atomic E-state index is 0.845. The van der Waals surface area contributed by atoms with Gasteiger partial charge in [-0.1, -0.05) is 6.92 Å². The molecule has 100 valence electrons. The third kappa shape index (κ3) is 2.74. The van der Waals surface area contributed by atoms with Gasteiger partial charge >= 0.3 is 0 Å². The third-order valence-electron chi connectivity index (χ3n) is 3.66. The molecule has 0 unspecified atom stereocenters. The van der Waals surface area contributed by atoms with Crippen molar-refractivity contribution < 1.29 is 0 Å². The van der Waals surface area contributed by atoms with Crippen LogP contribution in [0.15, 0.2) is 0 Å². The van der Waals surface area contributed by atoms with Crippen LogP contribution in [-0.4, -0.2) is 29.6 Å². The molecule has 4 heteroatoms. The topological polar surface area (TPSA) is 41.1 Å². The van der Waals surface area contributed by atoms with Gasteiger partial charge in [-0.15, -0.1) is 0 Å². The summed E-state index contributed by atoms with van der Waals surface area (Å²) >= 11 is 0. The molecule has 0 bridgehead atoms. The van der Waals surface area contributed by atoms with Gasteiger partial charge in [0, 0.05) is 25.2 Å². The number of piperidine rings is 1. The number of hydrogen-bond donors (Lipinski definition) is 1. The second-order valence-electron chi connectivity index (χ2n) is 5.27. The van der Waals surface area contributed by atoms with E-state index < -0.39 is 0 Å². The Hall–Kier alpha value is -1.32. The molecular formula is C14H24N4. The molecule has 0 aliphatic carbocycles. The van der Waals surface area contributed by atoms with E-state index in [4.69, 9.17) is 0 Å². The van der Waals surface area contributed by atoms with Gasteiger partial charge in [-0.2, -0.15) is 0 Å². The lowest BCUT2D eigenvalue weighted by Crippen LogP contribution is -2.34. The average Bonchev–Trinajstić information content (AvgIpc) is 2.35. The molecule has 0 aromatic carbocycles. The van der Waals surface area contributed by atoms with Crippen molar-refractivity contribution in [1.82, 2.24) is 9.97 Å². The number of aromatic nitrogens is 2. The van der Waals surface area contributed by atoms with Gasteiger partial charge in [0.2, 0.25) is 0 Å². The Kier molecular flexibility index (Phi) is 4.04. The minimum atomic E-state index is 0.845. The quantitative estimate of drug-likeness (QED) is 0.893. The number of rotatable bonds is 3. The monoisotopic (exact) mass is 248 g/mol. The predicted octanol–water partition coefficient (Wildman–Crippen LogP) is 2.76. The van der Waals surface area contributed by atoms with Gasteiger partial charge in [0.25, 0.3) is 0 Å². The average molecular weight is 248 g/mol. The van der Waals surface area contributed by atoms with Crippen molar-refractivity contribution in [1.29, 1.82) is 0 Å². The maximum absolute atomic E-state index is 4.64. The lowest BCUT2D eigenvalue weighted by molar-refractivity contribution is 0.436. The molecule has 1 aliphatic rings. The molecule has 1 aromatic rings. The van der Waals surface area contributed by atoms with Crippen LogP contribution in [0.3, 0.4) is 0 Å². The molecule has 0 saturated carbocycles. The van der Waals surface area contributed by atoms with Crippen LogP contribution in [0.25, 0.3) is 0 Å². The largest absolute Gasteiger partial charge is 0.370 e. The van der Waals surface area contributed by atoms with Gasteiger partial charge in [0.05, 0.1) is 0 Å². The first-order valence-electron chi connectivity index (χ1n) is 6.95. The molecule has 0 atom stereocenters. The van der Waals surface area contributed by atoms with E-state index in [9.17, 15) is 0 Å². The lowest BCUT2D eigenvalue weighted by atomic mass is 9.99. The molecule has 0 radical (unpaired) electrons. The van der Waals surface area contributed by atoms with Crippen LogP contribution < -0.4 is 10.2 Å².